The fourth-order valence-corrected chi connectivity index (χ4v) is 37.9. The van der Waals surface area contributed by atoms with Gasteiger partial charge in [0.1, 0.15) is 0 Å². The Morgan fingerprint density at radius 3 is 1.31 bits per heavy atom. The van der Waals surface area contributed by atoms with Crippen molar-refractivity contribution in [3.05, 3.63) is 12.1 Å². The first-order valence-corrected chi connectivity index (χ1v) is 30.2. The number of unbranched alkanes of at least 4 members (excludes halogenated alkanes) is 2. The molecule has 0 aliphatic carbocycles. The standard InChI is InChI=1S/C30H54GeSe2Si2/c1-11-15-17-23(13-3)21-31(22-24(14-4)18-16-12-2)25-19-27(34(5,6)7)32-29(25)30-26(31)20-28(33-30)35(8,9)10/h19-20,23-24H,11-18,21-22H2,1-10H3. The maximum atomic E-state index is 2.91. The number of hydrogen-bond acceptors (Lipinski definition) is 0. The van der Waals surface area contributed by atoms with Gasteiger partial charge in [0.05, 0.1) is 0 Å². The Morgan fingerprint density at radius 1 is 0.657 bits per heavy atom. The van der Waals surface area contributed by atoms with Crippen LogP contribution in [0.2, 0.25) is 49.8 Å². The predicted molar refractivity (Wildman–Crippen MR) is 173 cm³/mol. The van der Waals surface area contributed by atoms with Gasteiger partial charge in [-0.15, -0.1) is 0 Å². The summed E-state index contributed by atoms with van der Waals surface area (Å²) in [5.41, 5.74) is 0. The zero-order valence-electron chi connectivity index (χ0n) is 24.7. The van der Waals surface area contributed by atoms with E-state index in [0.29, 0.717) is 29.0 Å². The third-order valence-electron chi connectivity index (χ3n) is 8.54. The first-order valence-electron chi connectivity index (χ1n) is 14.7. The molecule has 0 bridgehead atoms. The second-order valence-corrected chi connectivity index (χ2v) is 38.2. The van der Waals surface area contributed by atoms with Crippen molar-refractivity contribution >= 4 is 75.3 Å². The van der Waals surface area contributed by atoms with Gasteiger partial charge in [0.15, 0.2) is 0 Å². The van der Waals surface area contributed by atoms with Crippen LogP contribution in [0.5, 0.6) is 0 Å². The molecule has 1 aliphatic heterocycles. The quantitative estimate of drug-likeness (QED) is 0.189. The van der Waals surface area contributed by atoms with Crippen LogP contribution in [-0.2, 0) is 0 Å². The molecule has 2 atom stereocenters. The topological polar surface area (TPSA) is 0 Å². The second kappa shape index (κ2) is 12.4. The molecule has 0 spiro atoms. The summed E-state index contributed by atoms with van der Waals surface area (Å²) in [6.45, 7) is 25.5. The van der Waals surface area contributed by atoms with Crippen LogP contribution >= 0.6 is 0 Å². The fourth-order valence-electron chi connectivity index (χ4n) is 6.11. The van der Waals surface area contributed by atoms with Gasteiger partial charge >= 0.3 is 237 Å². The molecule has 0 amide bonds. The first-order chi connectivity index (χ1) is 16.4. The van der Waals surface area contributed by atoms with Crippen molar-refractivity contribution in [2.45, 2.75) is 129 Å². The van der Waals surface area contributed by atoms with Crippen LogP contribution in [0.15, 0.2) is 12.1 Å². The summed E-state index contributed by atoms with van der Waals surface area (Å²) in [7, 11) is -2.47. The molecule has 0 radical (unpaired) electrons. The molecule has 0 saturated heterocycles. The summed E-state index contributed by atoms with van der Waals surface area (Å²) in [5.74, 6) is 1.90. The van der Waals surface area contributed by atoms with E-state index in [2.05, 4.69) is 79.1 Å². The molecule has 0 aromatic carbocycles. The van der Waals surface area contributed by atoms with Gasteiger partial charge in [-0.3, -0.25) is 0 Å². The van der Waals surface area contributed by atoms with Gasteiger partial charge in [0.25, 0.3) is 0 Å². The van der Waals surface area contributed by atoms with Crippen LogP contribution < -0.4 is 16.9 Å². The van der Waals surface area contributed by atoms with Crippen molar-refractivity contribution in [2.24, 2.45) is 11.8 Å². The SMILES string of the molecule is CCCCC(CC)[CH2][Ge]1([CH2]C(CC)CCCC)[c]2cc([Si](C)(C)C)[se]c2-c2[se]c([Si](C)(C)C)c[c]21. The van der Waals surface area contributed by atoms with Gasteiger partial charge in [0, 0.05) is 0 Å². The summed E-state index contributed by atoms with van der Waals surface area (Å²) in [5, 5.41) is 3.21. The van der Waals surface area contributed by atoms with E-state index in [1.165, 1.54) is 51.4 Å². The first kappa shape index (κ1) is 30.5. The Labute approximate surface area is 235 Å². The van der Waals surface area contributed by atoms with Crippen LogP contribution in [0.25, 0.3) is 8.87 Å². The summed E-state index contributed by atoms with van der Waals surface area (Å²) in [6.07, 6.45) is 11.3. The van der Waals surface area contributed by atoms with E-state index in [1.54, 1.807) is 10.5 Å². The molecular formula is C30H54GeSe2Si2. The number of fused-ring (bicyclic) bond motifs is 3. The average molecular weight is 701 g/mol. The molecule has 35 heavy (non-hydrogen) atoms. The molecule has 2 aromatic heterocycles. The fraction of sp³-hybridized carbons (Fsp3) is 0.733. The zero-order chi connectivity index (χ0) is 26.0. The summed E-state index contributed by atoms with van der Waals surface area (Å²) < 4.78 is 11.9. The Bertz CT molecular complexity index is 882. The number of hydrogen-bond donors (Lipinski definition) is 0. The summed E-state index contributed by atoms with van der Waals surface area (Å²) in [6, 6.07) is 5.83. The van der Waals surface area contributed by atoms with E-state index in [4.69, 9.17) is 0 Å². The summed E-state index contributed by atoms with van der Waals surface area (Å²) >= 11 is -1.17. The van der Waals surface area contributed by atoms with E-state index in [0.717, 1.165) is 11.8 Å². The molecule has 198 valence electrons. The van der Waals surface area contributed by atoms with Gasteiger partial charge < -0.3 is 0 Å². The minimum atomic E-state index is -2.43. The molecule has 2 unspecified atom stereocenters. The summed E-state index contributed by atoms with van der Waals surface area (Å²) in [4.78, 5) is 0. The average Bonchev–Trinajstić information content (AvgIpc) is 3.47. The van der Waals surface area contributed by atoms with Gasteiger partial charge in [-0.25, -0.2) is 0 Å². The van der Waals surface area contributed by atoms with Crippen molar-refractivity contribution < 1.29 is 0 Å². The van der Waals surface area contributed by atoms with Crippen LogP contribution in [0.1, 0.15) is 79.1 Å². The van der Waals surface area contributed by atoms with E-state index in [-0.39, 0.29) is 0 Å². The molecule has 3 rings (SSSR count). The number of rotatable bonds is 14. The van der Waals surface area contributed by atoms with Gasteiger partial charge in [-0.05, 0) is 0 Å². The van der Waals surface area contributed by atoms with Gasteiger partial charge in [0.2, 0.25) is 0 Å². The van der Waals surface area contributed by atoms with Crippen molar-refractivity contribution in [1.29, 1.82) is 0 Å². The molecule has 5 heteroatoms. The molecule has 0 fully saturated rings. The third-order valence-corrected chi connectivity index (χ3v) is 38.3. The van der Waals surface area contributed by atoms with Crippen molar-refractivity contribution in [3.63, 3.8) is 0 Å². The van der Waals surface area contributed by atoms with Crippen molar-refractivity contribution in [2.75, 3.05) is 0 Å². The van der Waals surface area contributed by atoms with Crippen LogP contribution in [0.4, 0.5) is 0 Å². The molecule has 0 saturated carbocycles. The van der Waals surface area contributed by atoms with E-state index in [1.807, 2.05) is 25.8 Å². The predicted octanol–water partition coefficient (Wildman–Crippen LogP) is 6.87. The molecule has 0 N–H and O–H groups in total. The Morgan fingerprint density at radius 2 is 1.03 bits per heavy atom. The van der Waals surface area contributed by atoms with E-state index < -0.39 is 29.4 Å². The van der Waals surface area contributed by atoms with Crippen LogP contribution in [0.3, 0.4) is 0 Å². The Hall–Kier alpha value is 0.976. The van der Waals surface area contributed by atoms with Crippen LogP contribution in [0, 0.1) is 11.8 Å². The Kier molecular flexibility index (Phi) is 10.8. The normalized spacial score (nSPS) is 16.9. The second-order valence-electron chi connectivity index (χ2n) is 13.5. The monoisotopic (exact) mass is 704 g/mol. The molecular weight excluding hydrogens is 647 g/mol. The van der Waals surface area contributed by atoms with Crippen molar-refractivity contribution in [1.82, 2.24) is 0 Å². The van der Waals surface area contributed by atoms with E-state index >= 15 is 0 Å². The molecule has 3 heterocycles. The molecule has 1 aliphatic rings. The maximum absolute atomic E-state index is 2.91. The van der Waals surface area contributed by atoms with Crippen molar-refractivity contribution in [3.8, 4) is 8.87 Å². The Balaban J connectivity index is 2.23. The third kappa shape index (κ3) is 6.77. The van der Waals surface area contributed by atoms with Gasteiger partial charge in [-0.1, -0.05) is 0 Å². The minimum absolute atomic E-state index is 0.633. The van der Waals surface area contributed by atoms with Gasteiger partial charge in [-0.2, -0.15) is 0 Å². The molecule has 0 nitrogen and oxygen atoms in total. The molecule has 2 aromatic rings. The zero-order valence-corrected chi connectivity index (χ0v) is 32.2. The van der Waals surface area contributed by atoms with Crippen LogP contribution in [-0.4, -0.2) is 58.4 Å². The van der Waals surface area contributed by atoms with E-state index in [9.17, 15) is 0 Å².